The van der Waals surface area contributed by atoms with E-state index in [1.165, 1.54) is 0 Å². The maximum absolute atomic E-state index is 13.4. The number of benzene rings is 3. The zero-order valence-corrected chi connectivity index (χ0v) is 11.5. The fourth-order valence-electron chi connectivity index (χ4n) is 3.03. The quantitative estimate of drug-likeness (QED) is 0.626. The van der Waals surface area contributed by atoms with Gasteiger partial charge < -0.3 is 5.32 Å². The van der Waals surface area contributed by atoms with Crippen molar-refractivity contribution in [1.82, 2.24) is 0 Å². The Bertz CT molecular complexity index is 821. The van der Waals surface area contributed by atoms with Gasteiger partial charge in [0.2, 0.25) is 0 Å². The molecule has 110 valence electrons. The lowest BCUT2D eigenvalue weighted by molar-refractivity contribution is 0.444. The molecule has 1 N–H and O–H groups in total. The minimum atomic E-state index is -1.43. The number of hydrogen-bond donors (Lipinski definition) is 1. The smallest absolute Gasteiger partial charge is 0.194 e. The Morgan fingerprint density at radius 2 is 1.50 bits per heavy atom. The summed E-state index contributed by atoms with van der Waals surface area (Å²) in [5.41, 5.74) is 2.46. The molecule has 1 atom stereocenters. The highest BCUT2D eigenvalue weighted by atomic mass is 19.2. The predicted molar refractivity (Wildman–Crippen MR) is 80.3 cm³/mol. The molecule has 0 saturated carbocycles. The van der Waals surface area contributed by atoms with Gasteiger partial charge in [0.05, 0.1) is 6.04 Å². The summed E-state index contributed by atoms with van der Waals surface area (Å²) in [7, 11) is 0. The lowest BCUT2D eigenvalue weighted by Crippen LogP contribution is -2.07. The molecule has 0 fully saturated rings. The van der Waals surface area contributed by atoms with Gasteiger partial charge in [0, 0.05) is 5.69 Å². The fourth-order valence-corrected chi connectivity index (χ4v) is 3.03. The van der Waals surface area contributed by atoms with Gasteiger partial charge in [-0.2, -0.15) is 0 Å². The molecule has 0 saturated heterocycles. The summed E-state index contributed by atoms with van der Waals surface area (Å²) in [5.74, 6) is -3.74. The first kappa shape index (κ1) is 13.2. The maximum atomic E-state index is 13.4. The third kappa shape index (κ3) is 2.03. The second-order valence-corrected chi connectivity index (χ2v) is 5.56. The number of fused-ring (bicyclic) bond motifs is 2. The Kier molecular flexibility index (Phi) is 2.86. The van der Waals surface area contributed by atoms with Crippen LogP contribution in [0.15, 0.2) is 48.5 Å². The second-order valence-electron chi connectivity index (χ2n) is 5.56. The van der Waals surface area contributed by atoms with Gasteiger partial charge >= 0.3 is 0 Å². The van der Waals surface area contributed by atoms with Crippen LogP contribution in [-0.2, 0) is 6.42 Å². The predicted octanol–water partition coefficient (Wildman–Crippen LogP) is 4.97. The van der Waals surface area contributed by atoms with Crippen molar-refractivity contribution in [3.63, 3.8) is 0 Å². The highest BCUT2D eigenvalue weighted by Crippen LogP contribution is 2.37. The Balaban J connectivity index is 1.74. The van der Waals surface area contributed by atoms with Crippen LogP contribution in [0.5, 0.6) is 0 Å². The van der Waals surface area contributed by atoms with Crippen LogP contribution in [0.25, 0.3) is 10.8 Å². The van der Waals surface area contributed by atoms with E-state index < -0.39 is 17.5 Å². The van der Waals surface area contributed by atoms with Gasteiger partial charge in [0.1, 0.15) is 0 Å². The van der Waals surface area contributed by atoms with Gasteiger partial charge in [0.15, 0.2) is 17.5 Å². The van der Waals surface area contributed by atoms with Gasteiger partial charge in [-0.25, -0.2) is 13.2 Å². The average molecular weight is 299 g/mol. The summed E-state index contributed by atoms with van der Waals surface area (Å²) in [4.78, 5) is 0. The molecule has 0 bridgehead atoms. The molecule has 4 rings (SSSR count). The van der Waals surface area contributed by atoms with E-state index in [0.717, 1.165) is 34.2 Å². The highest BCUT2D eigenvalue weighted by molar-refractivity contribution is 5.88. The number of nitrogens with one attached hydrogen (secondary N) is 1. The standard InChI is InChI=1S/C18H12F3N/c19-14-6-13(7-15(20)18(14)21)17-9-12-5-10-3-1-2-4-11(10)8-16(12)22-17/h1-8,17,22H,9H2. The van der Waals surface area contributed by atoms with Crippen molar-refractivity contribution >= 4 is 16.5 Å². The lowest BCUT2D eigenvalue weighted by Gasteiger charge is -2.12. The molecule has 1 unspecified atom stereocenters. The van der Waals surface area contributed by atoms with Crippen molar-refractivity contribution in [3.8, 4) is 0 Å². The van der Waals surface area contributed by atoms with Gasteiger partial charge in [-0.05, 0) is 52.6 Å². The van der Waals surface area contributed by atoms with Crippen LogP contribution in [0.4, 0.5) is 18.9 Å². The average Bonchev–Trinajstić information content (AvgIpc) is 2.92. The first-order valence-corrected chi connectivity index (χ1v) is 7.04. The van der Waals surface area contributed by atoms with Crippen LogP contribution < -0.4 is 5.32 Å². The van der Waals surface area contributed by atoms with Crippen LogP contribution >= 0.6 is 0 Å². The molecular formula is C18H12F3N. The monoisotopic (exact) mass is 299 g/mol. The molecule has 1 aliphatic rings. The van der Waals surface area contributed by atoms with Gasteiger partial charge in [-0.3, -0.25) is 0 Å². The van der Waals surface area contributed by atoms with Gasteiger partial charge in [0.25, 0.3) is 0 Å². The molecule has 0 aliphatic carbocycles. The molecule has 3 aromatic carbocycles. The number of anilines is 1. The van der Waals surface area contributed by atoms with E-state index in [1.807, 2.05) is 30.3 Å². The molecular weight excluding hydrogens is 287 g/mol. The van der Waals surface area contributed by atoms with E-state index >= 15 is 0 Å². The largest absolute Gasteiger partial charge is 0.378 e. The van der Waals surface area contributed by atoms with Crippen molar-refractivity contribution in [2.45, 2.75) is 12.5 Å². The molecule has 4 heteroatoms. The fraction of sp³-hybridized carbons (Fsp3) is 0.111. The zero-order chi connectivity index (χ0) is 15.3. The molecule has 1 heterocycles. The topological polar surface area (TPSA) is 12.0 Å². The summed E-state index contributed by atoms with van der Waals surface area (Å²) in [5, 5.41) is 5.49. The maximum Gasteiger partial charge on any atom is 0.194 e. The molecule has 1 aliphatic heterocycles. The van der Waals surface area contributed by atoms with E-state index in [9.17, 15) is 13.2 Å². The second kappa shape index (κ2) is 4.77. The normalized spacial score (nSPS) is 16.6. The van der Waals surface area contributed by atoms with Crippen LogP contribution in [0, 0.1) is 17.5 Å². The Morgan fingerprint density at radius 1 is 0.864 bits per heavy atom. The minimum absolute atomic E-state index is 0.253. The Labute approximate surface area is 125 Å². The lowest BCUT2D eigenvalue weighted by atomic mass is 10.0. The van der Waals surface area contributed by atoms with E-state index in [1.54, 1.807) is 0 Å². The number of halogens is 3. The first-order valence-electron chi connectivity index (χ1n) is 7.04. The van der Waals surface area contributed by atoms with Crippen LogP contribution in [0.1, 0.15) is 17.2 Å². The summed E-state index contributed by atoms with van der Waals surface area (Å²) in [6, 6.07) is 13.9. The third-order valence-electron chi connectivity index (χ3n) is 4.13. The van der Waals surface area contributed by atoms with Crippen molar-refractivity contribution in [2.75, 3.05) is 5.32 Å². The number of hydrogen-bond acceptors (Lipinski definition) is 1. The summed E-state index contributed by atoms with van der Waals surface area (Å²) in [6.07, 6.45) is 0.616. The number of rotatable bonds is 1. The molecule has 0 aromatic heterocycles. The zero-order valence-electron chi connectivity index (χ0n) is 11.5. The molecule has 3 aromatic rings. The van der Waals surface area contributed by atoms with Crippen LogP contribution in [-0.4, -0.2) is 0 Å². The molecule has 1 nitrogen and oxygen atoms in total. The summed E-state index contributed by atoms with van der Waals surface area (Å²) in [6.45, 7) is 0. The third-order valence-corrected chi connectivity index (χ3v) is 4.13. The molecule has 0 amide bonds. The van der Waals surface area contributed by atoms with Crippen LogP contribution in [0.2, 0.25) is 0 Å². The first-order chi connectivity index (χ1) is 10.6. The summed E-state index contributed by atoms with van der Waals surface area (Å²) < 4.78 is 39.9. The van der Waals surface area contributed by atoms with E-state index in [-0.39, 0.29) is 6.04 Å². The van der Waals surface area contributed by atoms with E-state index in [0.29, 0.717) is 12.0 Å². The van der Waals surface area contributed by atoms with Crippen molar-refractivity contribution < 1.29 is 13.2 Å². The SMILES string of the molecule is Fc1cc(C2Cc3cc4ccccc4cc3N2)cc(F)c1F. The molecule has 0 radical (unpaired) electrons. The highest BCUT2D eigenvalue weighted by Gasteiger charge is 2.24. The van der Waals surface area contributed by atoms with E-state index in [4.69, 9.17) is 0 Å². The van der Waals surface area contributed by atoms with Crippen molar-refractivity contribution in [3.05, 3.63) is 77.1 Å². The van der Waals surface area contributed by atoms with Gasteiger partial charge in [-0.1, -0.05) is 24.3 Å². The van der Waals surface area contributed by atoms with Crippen molar-refractivity contribution in [2.24, 2.45) is 0 Å². The Morgan fingerprint density at radius 3 is 2.18 bits per heavy atom. The summed E-state index contributed by atoms with van der Waals surface area (Å²) >= 11 is 0. The van der Waals surface area contributed by atoms with E-state index in [2.05, 4.69) is 11.4 Å². The minimum Gasteiger partial charge on any atom is -0.378 e. The molecule has 0 spiro atoms. The van der Waals surface area contributed by atoms with Gasteiger partial charge in [-0.15, -0.1) is 0 Å². The van der Waals surface area contributed by atoms with Crippen LogP contribution in [0.3, 0.4) is 0 Å². The van der Waals surface area contributed by atoms with Crippen molar-refractivity contribution in [1.29, 1.82) is 0 Å². The Hall–Kier alpha value is -2.49. The molecule has 22 heavy (non-hydrogen) atoms.